The van der Waals surface area contributed by atoms with Crippen LogP contribution in [0.4, 0.5) is 0 Å². The van der Waals surface area contributed by atoms with E-state index in [4.69, 9.17) is 0 Å². The zero-order valence-electron chi connectivity index (χ0n) is 15.0. The summed E-state index contributed by atoms with van der Waals surface area (Å²) in [5, 5.41) is 3.86. The van der Waals surface area contributed by atoms with E-state index in [-0.39, 0.29) is 0 Å². The zero-order valence-corrected chi connectivity index (χ0v) is 15.0. The molecular weight excluding hydrogens is 244 g/mol. The van der Waals surface area contributed by atoms with Gasteiger partial charge in [0.05, 0.1) is 0 Å². The Morgan fingerprint density at radius 1 is 1.25 bits per heavy atom. The van der Waals surface area contributed by atoms with Gasteiger partial charge in [-0.1, -0.05) is 41.0 Å². The van der Waals surface area contributed by atoms with Crippen LogP contribution in [0.3, 0.4) is 0 Å². The quantitative estimate of drug-likeness (QED) is 0.749. The van der Waals surface area contributed by atoms with Gasteiger partial charge in [0.25, 0.3) is 0 Å². The monoisotopic (exact) mass is 282 g/mol. The Balaban J connectivity index is 2.76. The van der Waals surface area contributed by atoms with Crippen molar-refractivity contribution in [2.24, 2.45) is 11.3 Å². The van der Waals surface area contributed by atoms with E-state index >= 15 is 0 Å². The predicted octanol–water partition coefficient (Wildman–Crippen LogP) is 4.30. The SMILES string of the molecule is CCCNC1C(N(C)C(C)CC(C)C)CCCC1(C)C. The molecule has 20 heavy (non-hydrogen) atoms. The Morgan fingerprint density at radius 2 is 1.90 bits per heavy atom. The largest absolute Gasteiger partial charge is 0.312 e. The first kappa shape index (κ1) is 18.0. The second-order valence-electron chi connectivity index (χ2n) is 8.02. The first-order valence-electron chi connectivity index (χ1n) is 8.75. The van der Waals surface area contributed by atoms with Crippen molar-refractivity contribution in [3.63, 3.8) is 0 Å². The molecule has 0 aromatic rings. The van der Waals surface area contributed by atoms with E-state index in [0.29, 0.717) is 23.5 Å². The number of nitrogens with one attached hydrogen (secondary N) is 1. The summed E-state index contributed by atoms with van der Waals surface area (Å²) in [4.78, 5) is 2.66. The third-order valence-electron chi connectivity index (χ3n) is 5.19. The van der Waals surface area contributed by atoms with Crippen LogP contribution in [0.25, 0.3) is 0 Å². The summed E-state index contributed by atoms with van der Waals surface area (Å²) in [5.74, 6) is 0.783. The first-order chi connectivity index (χ1) is 9.29. The molecule has 0 heterocycles. The van der Waals surface area contributed by atoms with Gasteiger partial charge in [0, 0.05) is 18.1 Å². The first-order valence-corrected chi connectivity index (χ1v) is 8.75. The van der Waals surface area contributed by atoms with E-state index in [1.165, 1.54) is 32.1 Å². The third kappa shape index (κ3) is 4.73. The smallest absolute Gasteiger partial charge is 0.0274 e. The molecule has 0 radical (unpaired) electrons. The second-order valence-corrected chi connectivity index (χ2v) is 8.02. The van der Waals surface area contributed by atoms with Crippen molar-refractivity contribution in [1.82, 2.24) is 10.2 Å². The van der Waals surface area contributed by atoms with Gasteiger partial charge >= 0.3 is 0 Å². The van der Waals surface area contributed by atoms with Crippen LogP contribution in [0.5, 0.6) is 0 Å². The molecule has 1 N–H and O–H groups in total. The van der Waals surface area contributed by atoms with Gasteiger partial charge < -0.3 is 5.32 Å². The molecule has 2 nitrogen and oxygen atoms in total. The van der Waals surface area contributed by atoms with E-state index in [2.05, 4.69) is 58.8 Å². The molecule has 0 spiro atoms. The number of likely N-dealkylation sites (N-methyl/N-ethyl adjacent to an activating group) is 1. The van der Waals surface area contributed by atoms with Crippen molar-refractivity contribution in [3.05, 3.63) is 0 Å². The molecule has 2 heteroatoms. The molecule has 1 fully saturated rings. The van der Waals surface area contributed by atoms with Crippen molar-refractivity contribution in [2.45, 2.75) is 91.8 Å². The van der Waals surface area contributed by atoms with Crippen molar-refractivity contribution >= 4 is 0 Å². The fourth-order valence-corrected chi connectivity index (χ4v) is 3.94. The van der Waals surface area contributed by atoms with Crippen LogP contribution in [0, 0.1) is 11.3 Å². The van der Waals surface area contributed by atoms with E-state index in [0.717, 1.165) is 12.5 Å². The van der Waals surface area contributed by atoms with Crippen LogP contribution in [0.15, 0.2) is 0 Å². The molecular formula is C18H38N2. The Labute approximate surface area is 127 Å². The van der Waals surface area contributed by atoms with Crippen molar-refractivity contribution in [3.8, 4) is 0 Å². The van der Waals surface area contributed by atoms with E-state index in [9.17, 15) is 0 Å². The summed E-state index contributed by atoms with van der Waals surface area (Å²) < 4.78 is 0. The summed E-state index contributed by atoms with van der Waals surface area (Å²) in [7, 11) is 2.35. The Bertz CT molecular complexity index is 273. The maximum atomic E-state index is 3.86. The molecule has 0 aliphatic heterocycles. The highest BCUT2D eigenvalue weighted by atomic mass is 15.2. The van der Waals surface area contributed by atoms with Gasteiger partial charge in [-0.15, -0.1) is 0 Å². The number of nitrogens with zero attached hydrogens (tertiary/aromatic N) is 1. The molecule has 0 aromatic heterocycles. The maximum Gasteiger partial charge on any atom is 0.0274 e. The van der Waals surface area contributed by atoms with Crippen LogP contribution in [0.1, 0.15) is 73.6 Å². The standard InChI is InChI=1S/C18H38N2/c1-8-12-19-17-16(10-9-11-18(17,5)6)20(7)15(4)13-14(2)3/h14-17,19H,8-13H2,1-7H3. The van der Waals surface area contributed by atoms with Crippen LogP contribution >= 0.6 is 0 Å². The molecule has 0 aromatic carbocycles. The highest BCUT2D eigenvalue weighted by Crippen LogP contribution is 2.38. The fourth-order valence-electron chi connectivity index (χ4n) is 3.94. The topological polar surface area (TPSA) is 15.3 Å². The van der Waals surface area contributed by atoms with Gasteiger partial charge in [0.15, 0.2) is 0 Å². The summed E-state index contributed by atoms with van der Waals surface area (Å²) in [5.41, 5.74) is 0.421. The molecule has 3 atom stereocenters. The average Bonchev–Trinajstić information content (AvgIpc) is 2.34. The molecule has 3 unspecified atom stereocenters. The summed E-state index contributed by atoms with van der Waals surface area (Å²) >= 11 is 0. The Morgan fingerprint density at radius 3 is 2.45 bits per heavy atom. The molecule has 1 saturated carbocycles. The van der Waals surface area contributed by atoms with Gasteiger partial charge in [0.2, 0.25) is 0 Å². The van der Waals surface area contributed by atoms with Gasteiger partial charge in [0.1, 0.15) is 0 Å². The summed E-state index contributed by atoms with van der Waals surface area (Å²) in [6.45, 7) is 15.4. The minimum absolute atomic E-state index is 0.421. The van der Waals surface area contributed by atoms with E-state index in [1.54, 1.807) is 0 Å². The lowest BCUT2D eigenvalue weighted by molar-refractivity contribution is 0.0390. The number of hydrogen-bond donors (Lipinski definition) is 1. The maximum absolute atomic E-state index is 3.86. The predicted molar refractivity (Wildman–Crippen MR) is 90.2 cm³/mol. The highest BCUT2D eigenvalue weighted by molar-refractivity contribution is 4.98. The van der Waals surface area contributed by atoms with Crippen LogP contribution in [-0.4, -0.2) is 36.6 Å². The molecule has 120 valence electrons. The number of hydrogen-bond acceptors (Lipinski definition) is 2. The fraction of sp³-hybridized carbons (Fsp3) is 1.00. The average molecular weight is 283 g/mol. The molecule has 0 bridgehead atoms. The summed E-state index contributed by atoms with van der Waals surface area (Å²) in [6, 6.07) is 2.01. The second kappa shape index (κ2) is 7.79. The van der Waals surface area contributed by atoms with Crippen LogP contribution < -0.4 is 5.32 Å². The van der Waals surface area contributed by atoms with Gasteiger partial charge in [-0.25, -0.2) is 0 Å². The van der Waals surface area contributed by atoms with Crippen molar-refractivity contribution in [2.75, 3.05) is 13.6 Å². The van der Waals surface area contributed by atoms with Gasteiger partial charge in [-0.2, -0.15) is 0 Å². The molecule has 0 saturated heterocycles. The summed E-state index contributed by atoms with van der Waals surface area (Å²) in [6.07, 6.45) is 6.61. The highest BCUT2D eigenvalue weighted by Gasteiger charge is 2.41. The minimum Gasteiger partial charge on any atom is -0.312 e. The van der Waals surface area contributed by atoms with Gasteiger partial charge in [-0.05, 0) is 57.5 Å². The molecule has 1 rings (SSSR count). The van der Waals surface area contributed by atoms with Crippen LogP contribution in [-0.2, 0) is 0 Å². The number of rotatable bonds is 7. The Hall–Kier alpha value is -0.0800. The van der Waals surface area contributed by atoms with Crippen molar-refractivity contribution < 1.29 is 0 Å². The molecule has 1 aliphatic rings. The normalized spacial score (nSPS) is 28.1. The van der Waals surface area contributed by atoms with Crippen LogP contribution in [0.2, 0.25) is 0 Å². The lowest BCUT2D eigenvalue weighted by Crippen LogP contribution is -2.59. The van der Waals surface area contributed by atoms with E-state index < -0.39 is 0 Å². The Kier molecular flexibility index (Phi) is 7.00. The van der Waals surface area contributed by atoms with Gasteiger partial charge in [-0.3, -0.25) is 4.90 Å². The van der Waals surface area contributed by atoms with E-state index in [1.807, 2.05) is 0 Å². The third-order valence-corrected chi connectivity index (χ3v) is 5.19. The lowest BCUT2D eigenvalue weighted by Gasteiger charge is -2.49. The minimum atomic E-state index is 0.421. The molecule has 1 aliphatic carbocycles. The molecule has 0 amide bonds. The zero-order chi connectivity index (χ0) is 15.3. The van der Waals surface area contributed by atoms with Crippen molar-refractivity contribution in [1.29, 1.82) is 0 Å². The lowest BCUT2D eigenvalue weighted by atomic mass is 9.70.